The van der Waals surface area contributed by atoms with Crippen LogP contribution in [0.5, 0.6) is 5.75 Å². The average Bonchev–Trinajstić information content (AvgIpc) is 2.59. The van der Waals surface area contributed by atoms with Crippen molar-refractivity contribution in [1.82, 2.24) is 9.97 Å². The molecule has 2 aromatic rings. The molecule has 66 valence electrons. The SMILES string of the molecule is COc1ccnc2[nH]c(C=O)cc12. The van der Waals surface area contributed by atoms with Gasteiger partial charge in [0.1, 0.15) is 11.4 Å². The minimum Gasteiger partial charge on any atom is -0.496 e. The molecule has 0 saturated carbocycles. The fourth-order valence-corrected chi connectivity index (χ4v) is 1.26. The van der Waals surface area contributed by atoms with E-state index in [-0.39, 0.29) is 0 Å². The Bertz CT molecular complexity index is 448. The van der Waals surface area contributed by atoms with Crippen molar-refractivity contribution in [2.24, 2.45) is 0 Å². The van der Waals surface area contributed by atoms with Crippen LogP contribution in [0.1, 0.15) is 10.5 Å². The van der Waals surface area contributed by atoms with Crippen LogP contribution < -0.4 is 4.74 Å². The summed E-state index contributed by atoms with van der Waals surface area (Å²) in [6.07, 6.45) is 2.38. The number of carbonyl (C=O) groups is 1. The standard InChI is InChI=1S/C9H8N2O2/c1-13-8-2-3-10-9-7(8)4-6(5-12)11-9/h2-5H,1H3,(H,10,11). The van der Waals surface area contributed by atoms with Crippen molar-refractivity contribution < 1.29 is 9.53 Å². The Morgan fingerprint density at radius 3 is 3.15 bits per heavy atom. The van der Waals surface area contributed by atoms with E-state index in [4.69, 9.17) is 4.74 Å². The summed E-state index contributed by atoms with van der Waals surface area (Å²) >= 11 is 0. The smallest absolute Gasteiger partial charge is 0.166 e. The molecule has 4 nitrogen and oxygen atoms in total. The number of H-pyrrole nitrogens is 1. The number of rotatable bonds is 2. The molecule has 0 aliphatic heterocycles. The minimum absolute atomic E-state index is 0.506. The molecule has 4 heteroatoms. The van der Waals surface area contributed by atoms with Crippen LogP contribution >= 0.6 is 0 Å². The van der Waals surface area contributed by atoms with Gasteiger partial charge in [0.05, 0.1) is 18.2 Å². The monoisotopic (exact) mass is 176 g/mol. The highest BCUT2D eigenvalue weighted by Crippen LogP contribution is 2.23. The molecule has 1 N–H and O–H groups in total. The topological polar surface area (TPSA) is 55.0 Å². The number of hydrogen-bond donors (Lipinski definition) is 1. The van der Waals surface area contributed by atoms with E-state index in [1.807, 2.05) is 0 Å². The van der Waals surface area contributed by atoms with Gasteiger partial charge in [0, 0.05) is 6.20 Å². The molecule has 13 heavy (non-hydrogen) atoms. The van der Waals surface area contributed by atoms with Gasteiger partial charge in [-0.2, -0.15) is 0 Å². The molecule has 0 atom stereocenters. The summed E-state index contributed by atoms with van der Waals surface area (Å²) in [6.45, 7) is 0. The molecule has 0 aliphatic carbocycles. The van der Waals surface area contributed by atoms with Crippen LogP contribution in [0.2, 0.25) is 0 Å². The summed E-state index contributed by atoms with van der Waals surface area (Å²) in [6, 6.07) is 3.47. The maximum Gasteiger partial charge on any atom is 0.166 e. The van der Waals surface area contributed by atoms with Gasteiger partial charge in [0.2, 0.25) is 0 Å². The van der Waals surface area contributed by atoms with E-state index in [1.165, 1.54) is 0 Å². The van der Waals surface area contributed by atoms with Gasteiger partial charge in [-0.1, -0.05) is 0 Å². The Labute approximate surface area is 74.5 Å². The van der Waals surface area contributed by atoms with Crippen LogP contribution in [0, 0.1) is 0 Å². The highest BCUT2D eigenvalue weighted by molar-refractivity contribution is 5.89. The van der Waals surface area contributed by atoms with Crippen LogP contribution in [0.3, 0.4) is 0 Å². The summed E-state index contributed by atoms with van der Waals surface area (Å²) in [7, 11) is 1.59. The highest BCUT2D eigenvalue weighted by Gasteiger charge is 2.05. The fourth-order valence-electron chi connectivity index (χ4n) is 1.26. The first-order valence-corrected chi connectivity index (χ1v) is 3.82. The van der Waals surface area contributed by atoms with E-state index in [0.29, 0.717) is 17.1 Å². The first-order chi connectivity index (χ1) is 6.35. The third-order valence-electron chi connectivity index (χ3n) is 1.86. The zero-order valence-corrected chi connectivity index (χ0v) is 7.07. The van der Waals surface area contributed by atoms with Gasteiger partial charge >= 0.3 is 0 Å². The number of nitrogens with zero attached hydrogens (tertiary/aromatic N) is 1. The lowest BCUT2D eigenvalue weighted by atomic mass is 10.3. The van der Waals surface area contributed by atoms with Gasteiger partial charge in [-0.25, -0.2) is 4.98 Å². The van der Waals surface area contributed by atoms with Crippen molar-refractivity contribution in [2.75, 3.05) is 7.11 Å². The lowest BCUT2D eigenvalue weighted by molar-refractivity contribution is 0.112. The van der Waals surface area contributed by atoms with Gasteiger partial charge in [-0.05, 0) is 12.1 Å². The summed E-state index contributed by atoms with van der Waals surface area (Å²) in [5, 5.41) is 0.826. The quantitative estimate of drug-likeness (QED) is 0.703. The second kappa shape index (κ2) is 2.90. The van der Waals surface area contributed by atoms with Gasteiger partial charge in [0.15, 0.2) is 6.29 Å². The van der Waals surface area contributed by atoms with Gasteiger partial charge in [0.25, 0.3) is 0 Å². The van der Waals surface area contributed by atoms with Crippen LogP contribution in [0.15, 0.2) is 18.3 Å². The first kappa shape index (κ1) is 7.79. The van der Waals surface area contributed by atoms with Crippen LogP contribution in [0.4, 0.5) is 0 Å². The fraction of sp³-hybridized carbons (Fsp3) is 0.111. The molecule has 0 fully saturated rings. The van der Waals surface area contributed by atoms with Crippen molar-refractivity contribution >= 4 is 17.3 Å². The second-order valence-electron chi connectivity index (χ2n) is 2.62. The number of methoxy groups -OCH3 is 1. The Hall–Kier alpha value is -1.84. The molecule has 0 spiro atoms. The van der Waals surface area contributed by atoms with Crippen molar-refractivity contribution in [2.45, 2.75) is 0 Å². The van der Waals surface area contributed by atoms with Crippen molar-refractivity contribution in [3.8, 4) is 5.75 Å². The van der Waals surface area contributed by atoms with Crippen molar-refractivity contribution in [3.63, 3.8) is 0 Å². The molecular formula is C9H8N2O2. The largest absolute Gasteiger partial charge is 0.496 e. The summed E-state index contributed by atoms with van der Waals surface area (Å²) < 4.78 is 5.11. The maximum atomic E-state index is 10.5. The van der Waals surface area contributed by atoms with E-state index >= 15 is 0 Å². The predicted molar refractivity (Wildman–Crippen MR) is 48.0 cm³/mol. The molecule has 0 aromatic carbocycles. The minimum atomic E-state index is 0.506. The Morgan fingerprint density at radius 2 is 2.46 bits per heavy atom. The molecular weight excluding hydrogens is 168 g/mol. The molecule has 2 aromatic heterocycles. The zero-order chi connectivity index (χ0) is 9.26. The van der Waals surface area contributed by atoms with E-state index in [9.17, 15) is 4.79 Å². The lowest BCUT2D eigenvalue weighted by Gasteiger charge is -1.98. The summed E-state index contributed by atoms with van der Waals surface area (Å²) in [4.78, 5) is 17.4. The Balaban J connectivity index is 2.74. The van der Waals surface area contributed by atoms with Gasteiger partial charge in [-0.3, -0.25) is 4.79 Å². The number of fused-ring (bicyclic) bond motifs is 1. The summed E-state index contributed by atoms with van der Waals surface area (Å²) in [5.74, 6) is 0.717. The number of hydrogen-bond acceptors (Lipinski definition) is 3. The van der Waals surface area contributed by atoms with Crippen LogP contribution in [-0.2, 0) is 0 Å². The molecule has 0 amide bonds. The Kier molecular flexibility index (Phi) is 1.73. The van der Waals surface area contributed by atoms with E-state index in [0.717, 1.165) is 11.7 Å². The Morgan fingerprint density at radius 1 is 1.62 bits per heavy atom. The number of nitrogens with one attached hydrogen (secondary N) is 1. The zero-order valence-electron chi connectivity index (χ0n) is 7.07. The van der Waals surface area contributed by atoms with E-state index in [1.54, 1.807) is 25.4 Å². The normalized spacial score (nSPS) is 10.2. The van der Waals surface area contributed by atoms with Crippen LogP contribution in [0.25, 0.3) is 11.0 Å². The third kappa shape index (κ3) is 1.16. The number of pyridine rings is 1. The lowest BCUT2D eigenvalue weighted by Crippen LogP contribution is -1.84. The second-order valence-corrected chi connectivity index (χ2v) is 2.62. The first-order valence-electron chi connectivity index (χ1n) is 3.82. The molecule has 0 saturated heterocycles. The molecule has 0 radical (unpaired) electrons. The van der Waals surface area contributed by atoms with Crippen LogP contribution in [-0.4, -0.2) is 23.4 Å². The molecule has 0 aliphatic rings. The van der Waals surface area contributed by atoms with Crippen molar-refractivity contribution in [3.05, 3.63) is 24.0 Å². The highest BCUT2D eigenvalue weighted by atomic mass is 16.5. The molecule has 2 heterocycles. The number of ether oxygens (including phenoxy) is 1. The predicted octanol–water partition coefficient (Wildman–Crippen LogP) is 1.38. The van der Waals surface area contributed by atoms with Gasteiger partial charge in [-0.15, -0.1) is 0 Å². The molecule has 0 bridgehead atoms. The third-order valence-corrected chi connectivity index (χ3v) is 1.86. The maximum absolute atomic E-state index is 10.5. The average molecular weight is 176 g/mol. The van der Waals surface area contributed by atoms with E-state index in [2.05, 4.69) is 9.97 Å². The number of aromatic nitrogens is 2. The molecule has 2 rings (SSSR count). The van der Waals surface area contributed by atoms with Gasteiger partial charge < -0.3 is 9.72 Å². The van der Waals surface area contributed by atoms with Crippen molar-refractivity contribution in [1.29, 1.82) is 0 Å². The number of carbonyl (C=O) groups excluding carboxylic acids is 1. The van der Waals surface area contributed by atoms with E-state index < -0.39 is 0 Å². The summed E-state index contributed by atoms with van der Waals surface area (Å²) in [5.41, 5.74) is 1.17. The number of aldehydes is 1. The number of aromatic amines is 1. The molecule has 0 unspecified atom stereocenters.